The lowest BCUT2D eigenvalue weighted by atomic mass is 9.69. The van der Waals surface area contributed by atoms with E-state index in [1.54, 1.807) is 0 Å². The molecular weight excluding hydrogens is 138 g/mol. The van der Waals surface area contributed by atoms with Crippen LogP contribution in [0.15, 0.2) is 0 Å². The Bertz CT molecular complexity index is 148. The van der Waals surface area contributed by atoms with Gasteiger partial charge in [-0.1, -0.05) is 12.8 Å². The Hall–Kier alpha value is -0.0800. The lowest BCUT2D eigenvalue weighted by Gasteiger charge is -2.36. The minimum absolute atomic E-state index is 0.276. The van der Waals surface area contributed by atoms with Crippen molar-refractivity contribution < 1.29 is 5.11 Å². The van der Waals surface area contributed by atoms with Crippen molar-refractivity contribution in [3.05, 3.63) is 0 Å². The minimum Gasteiger partial charge on any atom is -0.396 e. The van der Waals surface area contributed by atoms with Crippen LogP contribution >= 0.6 is 0 Å². The number of rotatable bonds is 1. The molecule has 0 bridgehead atoms. The summed E-state index contributed by atoms with van der Waals surface area (Å²) in [6.07, 6.45) is 5.25. The molecule has 1 saturated carbocycles. The molecule has 0 amide bonds. The standard InChI is InChI=1S/C9H17NO/c11-7-9-4-2-1-3-8(9)5-10-6-9/h8,10-11H,1-7H2/t8-,9+/m0/s1. The lowest BCUT2D eigenvalue weighted by molar-refractivity contribution is 0.0621. The molecule has 2 atom stereocenters. The van der Waals surface area contributed by atoms with Crippen molar-refractivity contribution in [2.75, 3.05) is 19.7 Å². The third-order valence-electron chi connectivity index (χ3n) is 3.53. The van der Waals surface area contributed by atoms with E-state index in [9.17, 15) is 5.11 Å². The molecule has 0 radical (unpaired) electrons. The Morgan fingerprint density at radius 3 is 3.09 bits per heavy atom. The number of aliphatic hydroxyl groups is 1. The Morgan fingerprint density at radius 1 is 1.45 bits per heavy atom. The van der Waals surface area contributed by atoms with Crippen LogP contribution < -0.4 is 5.32 Å². The average molecular weight is 155 g/mol. The van der Waals surface area contributed by atoms with Crippen molar-refractivity contribution in [1.29, 1.82) is 0 Å². The first-order chi connectivity index (χ1) is 5.37. The van der Waals surface area contributed by atoms with Gasteiger partial charge < -0.3 is 10.4 Å². The third kappa shape index (κ3) is 1.09. The van der Waals surface area contributed by atoms with E-state index in [0.717, 1.165) is 19.0 Å². The van der Waals surface area contributed by atoms with Crippen LogP contribution in [0.4, 0.5) is 0 Å². The summed E-state index contributed by atoms with van der Waals surface area (Å²) in [7, 11) is 0. The second-order valence-corrected chi connectivity index (χ2v) is 4.09. The largest absolute Gasteiger partial charge is 0.396 e. The Labute approximate surface area is 68.0 Å². The first-order valence-corrected chi connectivity index (χ1v) is 4.69. The summed E-state index contributed by atoms with van der Waals surface area (Å²) in [5.74, 6) is 0.765. The Morgan fingerprint density at radius 2 is 2.36 bits per heavy atom. The van der Waals surface area contributed by atoms with Crippen LogP contribution in [0.3, 0.4) is 0 Å². The van der Waals surface area contributed by atoms with Crippen LogP contribution in [0.5, 0.6) is 0 Å². The highest BCUT2D eigenvalue weighted by Gasteiger charge is 2.43. The number of aliphatic hydroxyl groups excluding tert-OH is 1. The summed E-state index contributed by atoms with van der Waals surface area (Å²) in [5.41, 5.74) is 0.276. The molecule has 0 spiro atoms. The van der Waals surface area contributed by atoms with Crippen LogP contribution in [-0.2, 0) is 0 Å². The normalized spacial score (nSPS) is 43.9. The zero-order valence-corrected chi connectivity index (χ0v) is 6.97. The molecule has 2 fully saturated rings. The molecule has 0 aromatic heterocycles. The van der Waals surface area contributed by atoms with Gasteiger partial charge in [0.1, 0.15) is 0 Å². The smallest absolute Gasteiger partial charge is 0.0502 e. The minimum atomic E-state index is 0.276. The molecule has 64 valence electrons. The van der Waals surface area contributed by atoms with Gasteiger partial charge in [0.05, 0.1) is 6.61 Å². The maximum absolute atomic E-state index is 9.31. The maximum atomic E-state index is 9.31. The molecule has 0 aromatic rings. The summed E-state index contributed by atoms with van der Waals surface area (Å²) in [4.78, 5) is 0. The average Bonchev–Trinajstić information content (AvgIpc) is 2.48. The fourth-order valence-corrected chi connectivity index (χ4v) is 2.69. The van der Waals surface area contributed by atoms with E-state index in [4.69, 9.17) is 0 Å². The topological polar surface area (TPSA) is 32.3 Å². The zero-order chi connectivity index (χ0) is 7.73. The van der Waals surface area contributed by atoms with E-state index in [1.165, 1.54) is 25.7 Å². The lowest BCUT2D eigenvalue weighted by Crippen LogP contribution is -2.36. The summed E-state index contributed by atoms with van der Waals surface area (Å²) in [6, 6.07) is 0. The van der Waals surface area contributed by atoms with Crippen LogP contribution in [0.25, 0.3) is 0 Å². The molecular formula is C9H17NO. The fourth-order valence-electron chi connectivity index (χ4n) is 2.69. The van der Waals surface area contributed by atoms with E-state index < -0.39 is 0 Å². The molecule has 11 heavy (non-hydrogen) atoms. The van der Waals surface area contributed by atoms with Gasteiger partial charge in [-0.25, -0.2) is 0 Å². The number of fused-ring (bicyclic) bond motifs is 1. The van der Waals surface area contributed by atoms with Crippen LogP contribution in [0.1, 0.15) is 25.7 Å². The molecule has 2 nitrogen and oxygen atoms in total. The van der Waals surface area contributed by atoms with Crippen molar-refractivity contribution in [3.63, 3.8) is 0 Å². The highest BCUT2D eigenvalue weighted by atomic mass is 16.3. The molecule has 2 rings (SSSR count). The van der Waals surface area contributed by atoms with Crippen LogP contribution in [-0.4, -0.2) is 24.8 Å². The Kier molecular flexibility index (Phi) is 1.90. The summed E-state index contributed by atoms with van der Waals surface area (Å²) >= 11 is 0. The van der Waals surface area contributed by atoms with E-state index in [2.05, 4.69) is 5.32 Å². The SMILES string of the molecule is OC[C@]12CCCC[C@H]1CNC2. The first-order valence-electron chi connectivity index (χ1n) is 4.69. The quantitative estimate of drug-likeness (QED) is 0.586. The van der Waals surface area contributed by atoms with Gasteiger partial charge in [0.25, 0.3) is 0 Å². The van der Waals surface area contributed by atoms with Gasteiger partial charge in [0, 0.05) is 12.0 Å². The number of hydrogen-bond donors (Lipinski definition) is 2. The van der Waals surface area contributed by atoms with E-state index in [-0.39, 0.29) is 5.41 Å². The number of nitrogens with one attached hydrogen (secondary N) is 1. The fraction of sp³-hybridized carbons (Fsp3) is 1.00. The molecule has 1 heterocycles. The highest BCUT2D eigenvalue weighted by molar-refractivity contribution is 4.96. The first kappa shape index (κ1) is 7.56. The van der Waals surface area contributed by atoms with Crippen LogP contribution in [0.2, 0.25) is 0 Å². The van der Waals surface area contributed by atoms with Crippen molar-refractivity contribution in [2.24, 2.45) is 11.3 Å². The summed E-state index contributed by atoms with van der Waals surface area (Å²) in [5, 5.41) is 12.7. The Balaban J connectivity index is 2.12. The molecule has 2 N–H and O–H groups in total. The molecule has 1 aliphatic heterocycles. The van der Waals surface area contributed by atoms with Crippen LogP contribution in [0, 0.1) is 11.3 Å². The van der Waals surface area contributed by atoms with Gasteiger partial charge in [-0.3, -0.25) is 0 Å². The zero-order valence-electron chi connectivity index (χ0n) is 6.97. The van der Waals surface area contributed by atoms with Crippen molar-refractivity contribution in [2.45, 2.75) is 25.7 Å². The van der Waals surface area contributed by atoms with Gasteiger partial charge in [-0.2, -0.15) is 0 Å². The van der Waals surface area contributed by atoms with Crippen molar-refractivity contribution in [1.82, 2.24) is 5.32 Å². The molecule has 2 heteroatoms. The van der Waals surface area contributed by atoms with E-state index >= 15 is 0 Å². The second-order valence-electron chi connectivity index (χ2n) is 4.09. The molecule has 0 unspecified atom stereocenters. The van der Waals surface area contributed by atoms with Crippen molar-refractivity contribution in [3.8, 4) is 0 Å². The summed E-state index contributed by atoms with van der Waals surface area (Å²) in [6.45, 7) is 2.58. The highest BCUT2D eigenvalue weighted by Crippen LogP contribution is 2.42. The summed E-state index contributed by atoms with van der Waals surface area (Å²) < 4.78 is 0. The number of hydrogen-bond acceptors (Lipinski definition) is 2. The van der Waals surface area contributed by atoms with Gasteiger partial charge in [0.2, 0.25) is 0 Å². The van der Waals surface area contributed by atoms with Gasteiger partial charge in [0.15, 0.2) is 0 Å². The molecule has 1 saturated heterocycles. The second kappa shape index (κ2) is 2.76. The van der Waals surface area contributed by atoms with Gasteiger partial charge >= 0.3 is 0 Å². The maximum Gasteiger partial charge on any atom is 0.0502 e. The van der Waals surface area contributed by atoms with Crippen molar-refractivity contribution >= 4 is 0 Å². The van der Waals surface area contributed by atoms with E-state index in [1.807, 2.05) is 0 Å². The van der Waals surface area contributed by atoms with Gasteiger partial charge in [-0.05, 0) is 25.3 Å². The predicted molar refractivity (Wildman–Crippen MR) is 44.3 cm³/mol. The monoisotopic (exact) mass is 155 g/mol. The van der Waals surface area contributed by atoms with Gasteiger partial charge in [-0.15, -0.1) is 0 Å². The molecule has 2 aliphatic rings. The van der Waals surface area contributed by atoms with E-state index in [0.29, 0.717) is 6.61 Å². The molecule has 1 aliphatic carbocycles. The third-order valence-corrected chi connectivity index (χ3v) is 3.53. The molecule has 0 aromatic carbocycles. The predicted octanol–water partition coefficient (Wildman–Crippen LogP) is 0.758.